The van der Waals surface area contributed by atoms with Crippen LogP contribution in [0, 0.1) is 11.8 Å². The first-order valence-corrected chi connectivity index (χ1v) is 7.28. The van der Waals surface area contributed by atoms with Gasteiger partial charge in [0.05, 0.1) is 41.8 Å². The van der Waals surface area contributed by atoms with Crippen LogP contribution >= 0.6 is 11.6 Å². The highest BCUT2D eigenvalue weighted by Gasteiger charge is 2.55. The maximum atomic E-state index is 12.2. The molecule has 0 spiro atoms. The number of carboxylic acid groups (broad SMARTS) is 1. The predicted octanol–water partition coefficient (Wildman–Crippen LogP) is 0.531. The summed E-state index contributed by atoms with van der Waals surface area (Å²) in [6, 6.07) is 0. The number of aromatic nitrogens is 2. The number of rotatable bonds is 5. The maximum absolute atomic E-state index is 12.2. The van der Waals surface area contributed by atoms with E-state index < -0.39 is 17.8 Å². The van der Waals surface area contributed by atoms with Gasteiger partial charge in [0.2, 0.25) is 5.91 Å². The Kier molecular flexibility index (Phi) is 3.86. The molecule has 2 bridgehead atoms. The Bertz CT molecular complexity index is 561. The number of carboxylic acids is 1. The number of amides is 1. The van der Waals surface area contributed by atoms with Crippen molar-refractivity contribution >= 4 is 23.5 Å². The van der Waals surface area contributed by atoms with Crippen LogP contribution in [-0.4, -0.2) is 45.5 Å². The van der Waals surface area contributed by atoms with Crippen LogP contribution in [0.3, 0.4) is 0 Å². The van der Waals surface area contributed by atoms with Crippen LogP contribution in [0.5, 0.6) is 0 Å². The van der Waals surface area contributed by atoms with E-state index in [0.717, 1.165) is 12.8 Å². The molecule has 7 nitrogen and oxygen atoms in total. The lowest BCUT2D eigenvalue weighted by Gasteiger charge is -2.23. The molecule has 0 aromatic carbocycles. The fraction of sp³-hybridized carbons (Fsp3) is 0.615. The van der Waals surface area contributed by atoms with Gasteiger partial charge < -0.3 is 15.2 Å². The molecule has 8 heteroatoms. The molecule has 21 heavy (non-hydrogen) atoms. The lowest BCUT2D eigenvalue weighted by atomic mass is 9.79. The van der Waals surface area contributed by atoms with Crippen LogP contribution in [0.1, 0.15) is 12.8 Å². The number of ether oxygens (including phenoxy) is 1. The van der Waals surface area contributed by atoms with Crippen molar-refractivity contribution in [2.75, 3.05) is 6.54 Å². The van der Waals surface area contributed by atoms with Crippen LogP contribution in [0.4, 0.5) is 0 Å². The maximum Gasteiger partial charge on any atom is 0.310 e. The number of carbonyl (C=O) groups is 2. The molecule has 3 rings (SSSR count). The minimum Gasteiger partial charge on any atom is -0.481 e. The molecule has 0 aliphatic carbocycles. The highest BCUT2D eigenvalue weighted by molar-refractivity contribution is 6.30. The zero-order valence-corrected chi connectivity index (χ0v) is 12.0. The van der Waals surface area contributed by atoms with Gasteiger partial charge in [-0.2, -0.15) is 5.10 Å². The topological polar surface area (TPSA) is 93.4 Å². The Balaban J connectivity index is 1.56. The first kappa shape index (κ1) is 14.3. The molecule has 1 aromatic heterocycles. The minimum atomic E-state index is -0.957. The fourth-order valence-corrected chi connectivity index (χ4v) is 3.35. The summed E-state index contributed by atoms with van der Waals surface area (Å²) in [4.78, 5) is 23.6. The van der Waals surface area contributed by atoms with Crippen molar-refractivity contribution in [3.63, 3.8) is 0 Å². The summed E-state index contributed by atoms with van der Waals surface area (Å²) < 4.78 is 7.19. The highest BCUT2D eigenvalue weighted by atomic mass is 35.5. The standard InChI is InChI=1S/C13H16ClN3O4/c14-7-5-16-17(6-7)4-3-15-12(18)10-8-1-2-9(21-8)11(10)13(19)20/h5-6,8-11H,1-4H2,(H,15,18)(H,19,20)/t8-,9-,10-,11-/m1/s1. The Morgan fingerprint density at radius 2 is 2.14 bits per heavy atom. The zero-order valence-electron chi connectivity index (χ0n) is 11.2. The largest absolute Gasteiger partial charge is 0.481 e. The number of nitrogens with zero attached hydrogens (tertiary/aromatic N) is 2. The molecule has 4 atom stereocenters. The van der Waals surface area contributed by atoms with E-state index in [2.05, 4.69) is 10.4 Å². The minimum absolute atomic E-state index is 0.257. The van der Waals surface area contributed by atoms with Crippen LogP contribution in [0.2, 0.25) is 5.02 Å². The Morgan fingerprint density at radius 1 is 1.43 bits per heavy atom. The molecule has 1 aromatic rings. The van der Waals surface area contributed by atoms with E-state index in [1.54, 1.807) is 10.9 Å². The molecule has 0 radical (unpaired) electrons. The Labute approximate surface area is 126 Å². The van der Waals surface area contributed by atoms with E-state index in [9.17, 15) is 14.7 Å². The van der Waals surface area contributed by atoms with Crippen molar-refractivity contribution in [1.29, 1.82) is 0 Å². The van der Waals surface area contributed by atoms with Gasteiger partial charge in [-0.1, -0.05) is 11.6 Å². The Morgan fingerprint density at radius 3 is 2.76 bits per heavy atom. The third-order valence-corrected chi connectivity index (χ3v) is 4.30. The SMILES string of the molecule is O=C(O)[C@H]1[C@H](C(=O)NCCn2cc(Cl)cn2)[C@H]2CC[C@H]1O2. The molecule has 2 N–H and O–H groups in total. The number of halogens is 1. The molecule has 0 unspecified atom stereocenters. The molecule has 2 saturated heterocycles. The third-order valence-electron chi connectivity index (χ3n) is 4.10. The predicted molar refractivity (Wildman–Crippen MR) is 72.8 cm³/mol. The molecule has 0 saturated carbocycles. The van der Waals surface area contributed by atoms with Gasteiger partial charge in [-0.05, 0) is 12.8 Å². The molecule has 2 aliphatic heterocycles. The summed E-state index contributed by atoms with van der Waals surface area (Å²) in [5.74, 6) is -2.54. The molecule has 114 valence electrons. The molecule has 1 amide bonds. The second-order valence-corrected chi connectivity index (χ2v) is 5.83. The molecular formula is C13H16ClN3O4. The summed E-state index contributed by atoms with van der Waals surface area (Å²) in [6.45, 7) is 0.856. The average Bonchev–Trinajstić information content (AvgIpc) is 3.13. The number of carbonyl (C=O) groups excluding carboxylic acids is 1. The van der Waals surface area contributed by atoms with Gasteiger partial charge in [0.15, 0.2) is 0 Å². The van der Waals surface area contributed by atoms with Gasteiger partial charge in [-0.3, -0.25) is 14.3 Å². The van der Waals surface area contributed by atoms with Crippen molar-refractivity contribution in [2.45, 2.75) is 31.6 Å². The van der Waals surface area contributed by atoms with Crippen molar-refractivity contribution in [1.82, 2.24) is 15.1 Å². The van der Waals surface area contributed by atoms with Gasteiger partial charge in [-0.15, -0.1) is 0 Å². The van der Waals surface area contributed by atoms with E-state index >= 15 is 0 Å². The van der Waals surface area contributed by atoms with Crippen molar-refractivity contribution in [2.24, 2.45) is 11.8 Å². The zero-order chi connectivity index (χ0) is 15.0. The summed E-state index contributed by atoms with van der Waals surface area (Å²) >= 11 is 5.75. The summed E-state index contributed by atoms with van der Waals surface area (Å²) in [5, 5.41) is 16.6. The second kappa shape index (κ2) is 5.65. The molecule has 2 fully saturated rings. The third kappa shape index (κ3) is 2.75. The van der Waals surface area contributed by atoms with Crippen molar-refractivity contribution in [3.05, 3.63) is 17.4 Å². The number of fused-ring (bicyclic) bond motifs is 2. The van der Waals surface area contributed by atoms with E-state index in [1.165, 1.54) is 6.20 Å². The monoisotopic (exact) mass is 313 g/mol. The number of hydrogen-bond acceptors (Lipinski definition) is 4. The lowest BCUT2D eigenvalue weighted by Crippen LogP contribution is -2.44. The first-order chi connectivity index (χ1) is 10.1. The van der Waals surface area contributed by atoms with Gasteiger partial charge in [0, 0.05) is 12.7 Å². The molecular weight excluding hydrogens is 298 g/mol. The van der Waals surface area contributed by atoms with Crippen LogP contribution in [-0.2, 0) is 20.9 Å². The number of aliphatic carboxylic acids is 1. The van der Waals surface area contributed by atoms with E-state index in [4.69, 9.17) is 16.3 Å². The quantitative estimate of drug-likeness (QED) is 0.827. The van der Waals surface area contributed by atoms with Crippen LogP contribution in [0.25, 0.3) is 0 Å². The first-order valence-electron chi connectivity index (χ1n) is 6.90. The normalized spacial score (nSPS) is 30.5. The summed E-state index contributed by atoms with van der Waals surface area (Å²) in [5.41, 5.74) is 0. The van der Waals surface area contributed by atoms with Crippen LogP contribution < -0.4 is 5.32 Å². The van der Waals surface area contributed by atoms with Gasteiger partial charge in [0.1, 0.15) is 0 Å². The van der Waals surface area contributed by atoms with Gasteiger partial charge >= 0.3 is 5.97 Å². The Hall–Kier alpha value is -1.60. The average molecular weight is 314 g/mol. The number of nitrogens with one attached hydrogen (secondary N) is 1. The summed E-state index contributed by atoms with van der Waals surface area (Å²) in [6.07, 6.45) is 4.06. The van der Waals surface area contributed by atoms with E-state index in [0.29, 0.717) is 18.1 Å². The smallest absolute Gasteiger partial charge is 0.310 e. The van der Waals surface area contributed by atoms with Gasteiger partial charge in [0.25, 0.3) is 0 Å². The van der Waals surface area contributed by atoms with Crippen LogP contribution in [0.15, 0.2) is 12.4 Å². The molecule has 3 heterocycles. The van der Waals surface area contributed by atoms with Crippen molar-refractivity contribution < 1.29 is 19.4 Å². The fourth-order valence-electron chi connectivity index (χ4n) is 3.20. The highest BCUT2D eigenvalue weighted by Crippen LogP contribution is 2.43. The summed E-state index contributed by atoms with van der Waals surface area (Å²) in [7, 11) is 0. The lowest BCUT2D eigenvalue weighted by molar-refractivity contribution is -0.147. The number of hydrogen-bond donors (Lipinski definition) is 2. The van der Waals surface area contributed by atoms with Gasteiger partial charge in [-0.25, -0.2) is 0 Å². The van der Waals surface area contributed by atoms with E-state index in [1.807, 2.05) is 0 Å². The van der Waals surface area contributed by atoms with Crippen molar-refractivity contribution in [3.8, 4) is 0 Å². The molecule has 2 aliphatic rings. The van der Waals surface area contributed by atoms with E-state index in [-0.39, 0.29) is 18.1 Å². The second-order valence-electron chi connectivity index (χ2n) is 5.39.